The summed E-state index contributed by atoms with van der Waals surface area (Å²) in [5.74, 6) is 0.215. The van der Waals surface area contributed by atoms with E-state index in [1.807, 2.05) is 36.9 Å². The highest BCUT2D eigenvalue weighted by Gasteiger charge is 2.15. The van der Waals surface area contributed by atoms with Crippen LogP contribution in [-0.4, -0.2) is 43.6 Å². The van der Waals surface area contributed by atoms with E-state index >= 15 is 0 Å². The molecule has 0 spiro atoms. The fourth-order valence-electron chi connectivity index (χ4n) is 2.71. The van der Waals surface area contributed by atoms with E-state index in [4.69, 9.17) is 9.47 Å². The predicted molar refractivity (Wildman–Crippen MR) is 109 cm³/mol. The number of para-hydroxylation sites is 1. The summed E-state index contributed by atoms with van der Waals surface area (Å²) in [6.07, 6.45) is 0. The van der Waals surface area contributed by atoms with Gasteiger partial charge in [0.05, 0.1) is 25.9 Å². The van der Waals surface area contributed by atoms with Crippen LogP contribution in [0.1, 0.15) is 19.4 Å². The van der Waals surface area contributed by atoms with Gasteiger partial charge in [-0.25, -0.2) is 9.18 Å². The molecule has 0 atom stereocenters. The maximum atomic E-state index is 13.6. The van der Waals surface area contributed by atoms with E-state index in [9.17, 15) is 14.0 Å². The second kappa shape index (κ2) is 11.0. The first-order valence-corrected chi connectivity index (χ1v) is 9.34. The summed E-state index contributed by atoms with van der Waals surface area (Å²) in [6, 6.07) is 10.5. The quantitative estimate of drug-likeness (QED) is 0.671. The van der Waals surface area contributed by atoms with Gasteiger partial charge in [0.15, 0.2) is 11.5 Å². The topological polar surface area (TPSA) is 79.9 Å². The van der Waals surface area contributed by atoms with E-state index in [0.717, 1.165) is 5.56 Å². The zero-order chi connectivity index (χ0) is 21.2. The van der Waals surface area contributed by atoms with E-state index in [0.29, 0.717) is 31.2 Å². The smallest absolute Gasteiger partial charge is 0.326 e. The summed E-state index contributed by atoms with van der Waals surface area (Å²) in [6.45, 7) is 5.44. The summed E-state index contributed by atoms with van der Waals surface area (Å²) < 4.78 is 24.4. The van der Waals surface area contributed by atoms with Gasteiger partial charge in [0.1, 0.15) is 5.82 Å². The fraction of sp³-hybridized carbons (Fsp3) is 0.333. The van der Waals surface area contributed by atoms with Crippen LogP contribution in [0.3, 0.4) is 0 Å². The molecule has 2 rings (SSSR count). The lowest BCUT2D eigenvalue weighted by Crippen LogP contribution is -2.41. The van der Waals surface area contributed by atoms with Gasteiger partial charge < -0.3 is 14.8 Å². The highest BCUT2D eigenvalue weighted by atomic mass is 19.1. The third-order valence-electron chi connectivity index (χ3n) is 4.12. The molecule has 0 aromatic heterocycles. The lowest BCUT2D eigenvalue weighted by Gasteiger charge is -2.20. The van der Waals surface area contributed by atoms with Crippen LogP contribution in [0, 0.1) is 5.82 Å². The molecule has 0 heterocycles. The van der Waals surface area contributed by atoms with Crippen molar-refractivity contribution < 1.29 is 23.5 Å². The average molecular weight is 403 g/mol. The number of amides is 3. The molecule has 0 fully saturated rings. The number of anilines is 1. The molecule has 0 bridgehead atoms. The summed E-state index contributed by atoms with van der Waals surface area (Å²) >= 11 is 0. The first-order chi connectivity index (χ1) is 14.0. The molecule has 0 radical (unpaired) electrons. The fourth-order valence-corrected chi connectivity index (χ4v) is 2.71. The monoisotopic (exact) mass is 403 g/mol. The summed E-state index contributed by atoms with van der Waals surface area (Å²) in [5.41, 5.74) is 0.947. The Balaban J connectivity index is 1.92. The number of halogens is 1. The number of hydrogen-bond donors (Lipinski definition) is 2. The molecule has 156 valence electrons. The first-order valence-electron chi connectivity index (χ1n) is 9.34. The molecule has 0 aliphatic carbocycles. The number of carbonyl (C=O) groups is 2. The van der Waals surface area contributed by atoms with E-state index in [1.165, 1.54) is 18.2 Å². The molecule has 0 aliphatic heterocycles. The van der Waals surface area contributed by atoms with Gasteiger partial charge in [0.2, 0.25) is 5.91 Å². The Morgan fingerprint density at radius 1 is 1.10 bits per heavy atom. The Kier molecular flexibility index (Phi) is 8.42. The van der Waals surface area contributed by atoms with Crippen LogP contribution in [0.4, 0.5) is 14.9 Å². The minimum atomic E-state index is -0.779. The number of nitrogens with one attached hydrogen (secondary N) is 2. The Morgan fingerprint density at radius 2 is 1.86 bits per heavy atom. The normalized spacial score (nSPS) is 10.5. The van der Waals surface area contributed by atoms with E-state index in [-0.39, 0.29) is 12.2 Å². The average Bonchev–Trinajstić information content (AvgIpc) is 2.70. The van der Waals surface area contributed by atoms with Crippen LogP contribution in [0.2, 0.25) is 0 Å². The van der Waals surface area contributed by atoms with Crippen LogP contribution in [-0.2, 0) is 11.3 Å². The predicted octanol–water partition coefficient (Wildman–Crippen LogP) is 3.40. The molecule has 0 saturated heterocycles. The Labute approximate surface area is 169 Å². The van der Waals surface area contributed by atoms with Gasteiger partial charge >= 0.3 is 6.03 Å². The zero-order valence-corrected chi connectivity index (χ0v) is 16.8. The van der Waals surface area contributed by atoms with Gasteiger partial charge in [-0.3, -0.25) is 15.0 Å². The lowest BCUT2D eigenvalue weighted by atomic mass is 10.2. The van der Waals surface area contributed by atoms with Crippen molar-refractivity contribution in [1.29, 1.82) is 0 Å². The maximum Gasteiger partial charge on any atom is 0.326 e. The van der Waals surface area contributed by atoms with Gasteiger partial charge in [-0.1, -0.05) is 25.1 Å². The van der Waals surface area contributed by atoms with Gasteiger partial charge in [0.25, 0.3) is 0 Å². The van der Waals surface area contributed by atoms with E-state index < -0.39 is 17.8 Å². The van der Waals surface area contributed by atoms with Crippen molar-refractivity contribution in [3.05, 3.63) is 53.8 Å². The molecular formula is C21H26FN3O4. The summed E-state index contributed by atoms with van der Waals surface area (Å²) in [4.78, 5) is 26.0. The minimum Gasteiger partial charge on any atom is -0.493 e. The third kappa shape index (κ3) is 6.76. The number of carbonyl (C=O) groups excluding carboxylic acids is 2. The lowest BCUT2D eigenvalue weighted by molar-refractivity contribution is -0.121. The Bertz CT molecular complexity index is 844. The SMILES string of the molecule is CCOc1ccc(CN(CC)CC(=O)NC(=O)Nc2ccccc2F)cc1OC. The molecule has 8 heteroatoms. The third-order valence-corrected chi connectivity index (χ3v) is 4.12. The van der Waals surface area contributed by atoms with Crippen molar-refractivity contribution in [3.8, 4) is 11.5 Å². The van der Waals surface area contributed by atoms with Crippen molar-refractivity contribution in [3.63, 3.8) is 0 Å². The van der Waals surface area contributed by atoms with Crippen LogP contribution in [0.5, 0.6) is 11.5 Å². The second-order valence-electron chi connectivity index (χ2n) is 6.20. The maximum absolute atomic E-state index is 13.6. The van der Waals surface area contributed by atoms with Gasteiger partial charge in [0, 0.05) is 6.54 Å². The van der Waals surface area contributed by atoms with Crippen LogP contribution < -0.4 is 20.1 Å². The number of hydrogen-bond acceptors (Lipinski definition) is 5. The zero-order valence-electron chi connectivity index (χ0n) is 16.8. The number of benzene rings is 2. The second-order valence-corrected chi connectivity index (χ2v) is 6.20. The summed E-state index contributed by atoms with van der Waals surface area (Å²) in [7, 11) is 1.57. The van der Waals surface area contributed by atoms with Crippen molar-refractivity contribution in [2.24, 2.45) is 0 Å². The van der Waals surface area contributed by atoms with E-state index in [2.05, 4.69) is 10.6 Å². The minimum absolute atomic E-state index is 0.00614. The Morgan fingerprint density at radius 3 is 2.52 bits per heavy atom. The van der Waals surface area contributed by atoms with Crippen molar-refractivity contribution >= 4 is 17.6 Å². The number of rotatable bonds is 9. The van der Waals surface area contributed by atoms with Gasteiger partial charge in [-0.2, -0.15) is 0 Å². The number of urea groups is 1. The molecule has 0 aliphatic rings. The molecule has 2 aromatic rings. The largest absolute Gasteiger partial charge is 0.493 e. The number of ether oxygens (including phenoxy) is 2. The standard InChI is InChI=1S/C21H26FN3O4/c1-4-25(13-15-10-11-18(29-5-2)19(12-15)28-3)14-20(26)24-21(27)23-17-9-7-6-8-16(17)22/h6-12H,4-5,13-14H2,1-3H3,(H2,23,24,26,27). The highest BCUT2D eigenvalue weighted by Crippen LogP contribution is 2.28. The number of imide groups is 1. The molecule has 3 amide bonds. The van der Waals surface area contributed by atoms with Crippen LogP contribution in [0.25, 0.3) is 0 Å². The molecule has 0 unspecified atom stereocenters. The molecule has 2 aromatic carbocycles. The number of likely N-dealkylation sites (N-methyl/N-ethyl adjacent to an activating group) is 1. The number of nitrogens with zero attached hydrogens (tertiary/aromatic N) is 1. The molecule has 7 nitrogen and oxygen atoms in total. The molecule has 0 saturated carbocycles. The molecule has 29 heavy (non-hydrogen) atoms. The molecular weight excluding hydrogens is 377 g/mol. The number of methoxy groups -OCH3 is 1. The summed E-state index contributed by atoms with van der Waals surface area (Å²) in [5, 5.41) is 4.53. The van der Waals surface area contributed by atoms with Crippen molar-refractivity contribution in [1.82, 2.24) is 10.2 Å². The van der Waals surface area contributed by atoms with Gasteiger partial charge in [-0.15, -0.1) is 0 Å². The van der Waals surface area contributed by atoms with Crippen molar-refractivity contribution in [2.45, 2.75) is 20.4 Å². The van der Waals surface area contributed by atoms with Gasteiger partial charge in [-0.05, 0) is 43.3 Å². The Hall–Kier alpha value is -3.13. The van der Waals surface area contributed by atoms with Crippen LogP contribution in [0.15, 0.2) is 42.5 Å². The van der Waals surface area contributed by atoms with Crippen LogP contribution >= 0.6 is 0 Å². The first kappa shape index (κ1) is 22.2. The van der Waals surface area contributed by atoms with Crippen molar-refractivity contribution in [2.75, 3.05) is 32.1 Å². The highest BCUT2D eigenvalue weighted by molar-refractivity contribution is 6.01. The van der Waals surface area contributed by atoms with E-state index in [1.54, 1.807) is 13.2 Å². The molecule has 2 N–H and O–H groups in total.